The molecule has 6 heteroatoms. The fraction of sp³-hybridized carbons (Fsp3) is 0.333. The van der Waals surface area contributed by atoms with Gasteiger partial charge in [-0.05, 0) is 0 Å². The predicted octanol–water partition coefficient (Wildman–Crippen LogP) is 0.725. The summed E-state index contributed by atoms with van der Waals surface area (Å²) >= 11 is 1.69. The van der Waals surface area contributed by atoms with E-state index in [-0.39, 0.29) is 0 Å². The van der Waals surface area contributed by atoms with Gasteiger partial charge in [0.05, 0.1) is 13.1 Å². The van der Waals surface area contributed by atoms with E-state index in [0.29, 0.717) is 5.95 Å². The molecule has 1 aromatic heterocycles. The van der Waals surface area contributed by atoms with E-state index in [9.17, 15) is 0 Å². The van der Waals surface area contributed by atoms with E-state index >= 15 is 0 Å². The molecule has 3 rings (SSSR count). The molecule has 0 bridgehead atoms. The fourth-order valence-electron chi connectivity index (χ4n) is 1.75. The van der Waals surface area contributed by atoms with Crippen LogP contribution >= 0.6 is 11.8 Å². The molecule has 0 radical (unpaired) electrons. The summed E-state index contributed by atoms with van der Waals surface area (Å²) in [4.78, 5) is 10.6. The highest BCUT2D eigenvalue weighted by Crippen LogP contribution is 2.30. The number of nitrogens with two attached hydrogens (primary N) is 1. The highest BCUT2D eigenvalue weighted by molar-refractivity contribution is 8.16. The van der Waals surface area contributed by atoms with Crippen LogP contribution in [0.1, 0.15) is 0 Å². The van der Waals surface area contributed by atoms with Crippen LogP contribution < -0.4 is 5.73 Å². The summed E-state index contributed by atoms with van der Waals surface area (Å²) in [6.45, 7) is 2.67. The van der Waals surface area contributed by atoms with Crippen LogP contribution in [0.5, 0.6) is 0 Å². The Bertz CT molecular complexity index is 447. The zero-order valence-corrected chi connectivity index (χ0v) is 8.94. The summed E-state index contributed by atoms with van der Waals surface area (Å²) in [7, 11) is 0. The molecule has 5 nitrogen and oxygen atoms in total. The van der Waals surface area contributed by atoms with Crippen LogP contribution in [0.2, 0.25) is 0 Å². The number of nitrogen functional groups attached to an aromatic ring is 1. The van der Waals surface area contributed by atoms with Crippen LogP contribution in [0.25, 0.3) is 0 Å². The second-order valence-corrected chi connectivity index (χ2v) is 4.29. The number of amidine groups is 1. The van der Waals surface area contributed by atoms with Crippen LogP contribution in [0.4, 0.5) is 5.95 Å². The van der Waals surface area contributed by atoms with Crippen molar-refractivity contribution in [1.29, 1.82) is 0 Å². The first-order valence-electron chi connectivity index (χ1n) is 4.79. The van der Waals surface area contributed by atoms with E-state index in [1.54, 1.807) is 18.0 Å². The van der Waals surface area contributed by atoms with E-state index in [4.69, 9.17) is 5.73 Å². The molecule has 0 amide bonds. The monoisotopic (exact) mass is 221 g/mol. The molecule has 0 aromatic carbocycles. The van der Waals surface area contributed by atoms with Crippen molar-refractivity contribution in [2.75, 3.05) is 18.8 Å². The van der Waals surface area contributed by atoms with E-state index in [1.807, 2.05) is 10.8 Å². The SMILES string of the molecule is Nc1nccn1CC1=CSC2=NCCN12. The molecule has 1 aromatic rings. The van der Waals surface area contributed by atoms with Gasteiger partial charge in [-0.2, -0.15) is 0 Å². The van der Waals surface area contributed by atoms with Gasteiger partial charge >= 0.3 is 0 Å². The number of imidazole rings is 1. The lowest BCUT2D eigenvalue weighted by atomic mass is 10.4. The Morgan fingerprint density at radius 2 is 2.47 bits per heavy atom. The van der Waals surface area contributed by atoms with Gasteiger partial charge < -0.3 is 15.2 Å². The van der Waals surface area contributed by atoms with E-state index in [0.717, 1.165) is 24.8 Å². The molecule has 0 aliphatic carbocycles. The molecule has 3 heterocycles. The van der Waals surface area contributed by atoms with Gasteiger partial charge in [0.15, 0.2) is 11.1 Å². The summed E-state index contributed by atoms with van der Waals surface area (Å²) in [6, 6.07) is 0. The zero-order chi connectivity index (χ0) is 10.3. The van der Waals surface area contributed by atoms with Crippen molar-refractivity contribution in [2.24, 2.45) is 4.99 Å². The number of aromatic nitrogens is 2. The fourth-order valence-corrected chi connectivity index (χ4v) is 2.69. The lowest BCUT2D eigenvalue weighted by Crippen LogP contribution is -2.23. The van der Waals surface area contributed by atoms with Crippen molar-refractivity contribution in [3.63, 3.8) is 0 Å². The molecule has 0 unspecified atom stereocenters. The van der Waals surface area contributed by atoms with E-state index < -0.39 is 0 Å². The Morgan fingerprint density at radius 3 is 3.27 bits per heavy atom. The first-order valence-corrected chi connectivity index (χ1v) is 5.67. The maximum atomic E-state index is 5.72. The molecule has 2 aliphatic rings. The number of fused-ring (bicyclic) bond motifs is 1. The molecule has 0 atom stereocenters. The molecular weight excluding hydrogens is 210 g/mol. The van der Waals surface area contributed by atoms with Crippen molar-refractivity contribution < 1.29 is 0 Å². The van der Waals surface area contributed by atoms with Gasteiger partial charge in [-0.3, -0.25) is 4.99 Å². The first-order chi connectivity index (χ1) is 7.34. The largest absolute Gasteiger partial charge is 0.369 e. The smallest absolute Gasteiger partial charge is 0.200 e. The number of nitrogens with zero attached hydrogens (tertiary/aromatic N) is 4. The summed E-state index contributed by atoms with van der Waals surface area (Å²) in [5.74, 6) is 0.561. The average Bonchev–Trinajstić information content (AvgIpc) is 2.86. The van der Waals surface area contributed by atoms with E-state index in [1.165, 1.54) is 5.70 Å². The molecular formula is C9H11N5S. The molecule has 0 fully saturated rings. The van der Waals surface area contributed by atoms with Crippen LogP contribution in [-0.2, 0) is 6.54 Å². The Hall–Kier alpha value is -1.43. The normalized spacial score (nSPS) is 19.1. The van der Waals surface area contributed by atoms with Gasteiger partial charge in [0, 0.05) is 30.0 Å². The molecule has 2 aliphatic heterocycles. The predicted molar refractivity (Wildman–Crippen MR) is 61.3 cm³/mol. The van der Waals surface area contributed by atoms with Crippen molar-refractivity contribution in [1.82, 2.24) is 14.5 Å². The van der Waals surface area contributed by atoms with Crippen LogP contribution in [0.3, 0.4) is 0 Å². The van der Waals surface area contributed by atoms with Gasteiger partial charge in [0.25, 0.3) is 0 Å². The first kappa shape index (κ1) is 8.84. The summed E-state index contributed by atoms with van der Waals surface area (Å²) < 4.78 is 1.94. The van der Waals surface area contributed by atoms with Crippen LogP contribution in [-0.4, -0.2) is 32.7 Å². The number of rotatable bonds is 2. The number of allylic oxidation sites excluding steroid dienone is 1. The number of aliphatic imine (C=N–C) groups is 1. The van der Waals surface area contributed by atoms with E-state index in [2.05, 4.69) is 20.3 Å². The standard InChI is InChI=1S/C9H11N5S/c10-8-11-1-3-13(8)5-7-6-15-9-12-2-4-14(7)9/h1,3,6H,2,4-5H2,(H2,10,11). The molecule has 0 spiro atoms. The number of anilines is 1. The third-order valence-corrected chi connectivity index (χ3v) is 3.48. The summed E-state index contributed by atoms with van der Waals surface area (Å²) in [6.07, 6.45) is 3.61. The van der Waals surface area contributed by atoms with Crippen LogP contribution in [0.15, 0.2) is 28.5 Å². The Kier molecular flexibility index (Phi) is 1.95. The van der Waals surface area contributed by atoms with Gasteiger partial charge in [-0.15, -0.1) is 0 Å². The third-order valence-electron chi connectivity index (χ3n) is 2.53. The molecule has 0 saturated carbocycles. The Labute approximate surface area is 91.7 Å². The number of thioether (sulfide) groups is 1. The van der Waals surface area contributed by atoms with Gasteiger partial charge in [-0.1, -0.05) is 11.8 Å². The average molecular weight is 221 g/mol. The highest BCUT2D eigenvalue weighted by atomic mass is 32.2. The minimum absolute atomic E-state index is 0.561. The second-order valence-electron chi connectivity index (χ2n) is 3.46. The van der Waals surface area contributed by atoms with Crippen molar-refractivity contribution in [3.8, 4) is 0 Å². The van der Waals surface area contributed by atoms with Crippen LogP contribution in [0, 0.1) is 0 Å². The topological polar surface area (TPSA) is 59.4 Å². The maximum absolute atomic E-state index is 5.72. The van der Waals surface area contributed by atoms with Gasteiger partial charge in [0.2, 0.25) is 0 Å². The summed E-state index contributed by atoms with van der Waals surface area (Å²) in [5.41, 5.74) is 6.98. The minimum Gasteiger partial charge on any atom is -0.369 e. The lowest BCUT2D eigenvalue weighted by Gasteiger charge is -2.17. The number of hydrogen-bond donors (Lipinski definition) is 1. The molecule has 78 valence electrons. The van der Waals surface area contributed by atoms with Gasteiger partial charge in [0.1, 0.15) is 0 Å². The molecule has 0 saturated heterocycles. The second kappa shape index (κ2) is 3.30. The maximum Gasteiger partial charge on any atom is 0.200 e. The third kappa shape index (κ3) is 1.41. The van der Waals surface area contributed by atoms with Crippen molar-refractivity contribution >= 4 is 22.9 Å². The number of hydrogen-bond acceptors (Lipinski definition) is 5. The highest BCUT2D eigenvalue weighted by Gasteiger charge is 2.26. The van der Waals surface area contributed by atoms with Crippen molar-refractivity contribution in [2.45, 2.75) is 6.54 Å². The lowest BCUT2D eigenvalue weighted by molar-refractivity contribution is 0.527. The van der Waals surface area contributed by atoms with Crippen molar-refractivity contribution in [3.05, 3.63) is 23.5 Å². The minimum atomic E-state index is 0.561. The zero-order valence-electron chi connectivity index (χ0n) is 8.13. The molecule has 2 N–H and O–H groups in total. The quantitative estimate of drug-likeness (QED) is 0.799. The summed E-state index contributed by atoms with van der Waals surface area (Å²) in [5, 5.41) is 3.25. The molecule has 15 heavy (non-hydrogen) atoms. The Balaban J connectivity index is 1.80. The van der Waals surface area contributed by atoms with Gasteiger partial charge in [-0.25, -0.2) is 4.98 Å². The Morgan fingerprint density at radius 1 is 1.53 bits per heavy atom.